The molecule has 0 aromatic heterocycles. The van der Waals surface area contributed by atoms with E-state index in [0.717, 1.165) is 10.0 Å². The average molecular weight is 336 g/mol. The second-order valence-electron chi connectivity index (χ2n) is 4.46. The van der Waals surface area contributed by atoms with Crippen molar-refractivity contribution in [2.45, 2.75) is 13.5 Å². The van der Waals surface area contributed by atoms with E-state index in [1.165, 1.54) is 12.1 Å². The van der Waals surface area contributed by atoms with E-state index >= 15 is 0 Å². The molecule has 0 aliphatic heterocycles. The molecule has 104 valence electrons. The van der Waals surface area contributed by atoms with Gasteiger partial charge in [0, 0.05) is 16.6 Å². The van der Waals surface area contributed by atoms with Gasteiger partial charge in [0.1, 0.15) is 0 Å². The third-order valence-corrected chi connectivity index (χ3v) is 3.42. The van der Waals surface area contributed by atoms with E-state index in [-0.39, 0.29) is 24.0 Å². The fourth-order valence-corrected chi connectivity index (χ4v) is 2.31. The Labute approximate surface area is 125 Å². The predicted octanol–water partition coefficient (Wildman–Crippen LogP) is 3.10. The van der Waals surface area contributed by atoms with Gasteiger partial charge in [0.25, 0.3) is 5.91 Å². The highest BCUT2D eigenvalue weighted by molar-refractivity contribution is 9.10. The molecular weight excluding hydrogens is 322 g/mol. The summed E-state index contributed by atoms with van der Waals surface area (Å²) in [4.78, 5) is 12.1. The molecular formula is C15H14BrNO3. The fraction of sp³-hybridized carbons (Fsp3) is 0.133. The van der Waals surface area contributed by atoms with Crippen LogP contribution < -0.4 is 5.32 Å². The van der Waals surface area contributed by atoms with Crippen LogP contribution in [0.5, 0.6) is 11.5 Å². The van der Waals surface area contributed by atoms with Crippen LogP contribution in [-0.2, 0) is 6.54 Å². The Morgan fingerprint density at radius 3 is 2.55 bits per heavy atom. The Morgan fingerprint density at radius 1 is 1.15 bits per heavy atom. The van der Waals surface area contributed by atoms with E-state index in [1.54, 1.807) is 12.1 Å². The van der Waals surface area contributed by atoms with Crippen molar-refractivity contribution in [2.75, 3.05) is 0 Å². The Morgan fingerprint density at radius 2 is 1.90 bits per heavy atom. The minimum atomic E-state index is -0.198. The summed E-state index contributed by atoms with van der Waals surface area (Å²) >= 11 is 3.35. The first-order valence-corrected chi connectivity index (χ1v) is 6.82. The van der Waals surface area contributed by atoms with Gasteiger partial charge in [0.2, 0.25) is 0 Å². The Balaban J connectivity index is 2.06. The molecule has 0 spiro atoms. The molecule has 0 bridgehead atoms. The number of carbonyl (C=O) groups is 1. The lowest BCUT2D eigenvalue weighted by Gasteiger charge is -2.09. The first-order valence-electron chi connectivity index (χ1n) is 6.02. The normalized spacial score (nSPS) is 10.3. The summed E-state index contributed by atoms with van der Waals surface area (Å²) in [5.74, 6) is -0.553. The van der Waals surface area contributed by atoms with E-state index < -0.39 is 0 Å². The van der Waals surface area contributed by atoms with E-state index in [1.807, 2.05) is 19.1 Å². The molecule has 0 aliphatic rings. The van der Waals surface area contributed by atoms with Gasteiger partial charge in [0.05, 0.1) is 0 Å². The molecule has 0 atom stereocenters. The van der Waals surface area contributed by atoms with Crippen molar-refractivity contribution < 1.29 is 15.0 Å². The Bertz CT molecular complexity index is 656. The molecule has 5 heteroatoms. The van der Waals surface area contributed by atoms with E-state index in [2.05, 4.69) is 21.2 Å². The summed E-state index contributed by atoms with van der Waals surface area (Å²) in [6.45, 7) is 2.15. The smallest absolute Gasteiger partial charge is 0.251 e. The lowest BCUT2D eigenvalue weighted by Crippen LogP contribution is -2.23. The number of carbonyl (C=O) groups excluding carboxylic acids is 1. The molecule has 20 heavy (non-hydrogen) atoms. The molecule has 0 radical (unpaired) electrons. The third kappa shape index (κ3) is 3.30. The van der Waals surface area contributed by atoms with Crippen LogP contribution in [0.15, 0.2) is 40.9 Å². The lowest BCUT2D eigenvalue weighted by atomic mass is 10.1. The number of rotatable bonds is 3. The molecule has 2 rings (SSSR count). The summed E-state index contributed by atoms with van der Waals surface area (Å²) < 4.78 is 0.926. The van der Waals surface area contributed by atoms with Crippen molar-refractivity contribution in [3.63, 3.8) is 0 Å². The van der Waals surface area contributed by atoms with Gasteiger partial charge in [-0.3, -0.25) is 4.79 Å². The summed E-state index contributed by atoms with van der Waals surface area (Å²) in [6.07, 6.45) is 0. The summed E-state index contributed by atoms with van der Waals surface area (Å²) in [5.41, 5.74) is 2.20. The molecule has 0 unspecified atom stereocenters. The summed E-state index contributed by atoms with van der Waals surface area (Å²) in [7, 11) is 0. The molecule has 1 amide bonds. The number of aryl methyl sites for hydroxylation is 1. The van der Waals surface area contributed by atoms with Gasteiger partial charge in [-0.15, -0.1) is 0 Å². The Kier molecular flexibility index (Phi) is 4.29. The third-order valence-electron chi connectivity index (χ3n) is 2.93. The van der Waals surface area contributed by atoms with Gasteiger partial charge < -0.3 is 15.5 Å². The minimum absolute atomic E-state index is 0.177. The highest BCUT2D eigenvalue weighted by Gasteiger charge is 2.09. The minimum Gasteiger partial charge on any atom is -0.504 e. The second-order valence-corrected chi connectivity index (χ2v) is 5.38. The number of benzene rings is 2. The number of nitrogens with one attached hydrogen (secondary N) is 1. The first kappa shape index (κ1) is 14.4. The molecule has 0 fully saturated rings. The number of phenolic OH excluding ortho intramolecular Hbond substituents is 2. The maximum Gasteiger partial charge on any atom is 0.251 e. The van der Waals surface area contributed by atoms with Crippen LogP contribution in [0.25, 0.3) is 0 Å². The molecule has 4 nitrogen and oxygen atoms in total. The van der Waals surface area contributed by atoms with Gasteiger partial charge in [-0.05, 0) is 48.4 Å². The number of hydrogen-bond acceptors (Lipinski definition) is 3. The van der Waals surface area contributed by atoms with Crippen molar-refractivity contribution >= 4 is 21.8 Å². The highest BCUT2D eigenvalue weighted by atomic mass is 79.9. The molecule has 3 N–H and O–H groups in total. The first-order chi connectivity index (χ1) is 9.47. The second kappa shape index (κ2) is 5.96. The van der Waals surface area contributed by atoms with Gasteiger partial charge in [-0.2, -0.15) is 0 Å². The zero-order valence-electron chi connectivity index (χ0n) is 10.9. The number of hydrogen-bond donors (Lipinski definition) is 3. The lowest BCUT2D eigenvalue weighted by molar-refractivity contribution is 0.0950. The van der Waals surface area contributed by atoms with E-state index in [9.17, 15) is 15.0 Å². The van der Waals surface area contributed by atoms with Crippen molar-refractivity contribution in [1.29, 1.82) is 0 Å². The maximum absolute atomic E-state index is 12.1. The number of phenols is 2. The van der Waals surface area contributed by atoms with Crippen molar-refractivity contribution in [1.82, 2.24) is 5.32 Å². The van der Waals surface area contributed by atoms with Crippen LogP contribution in [0.3, 0.4) is 0 Å². The molecule has 2 aromatic rings. The molecule has 0 aliphatic carbocycles. The SMILES string of the molecule is Cc1cc(Br)ccc1C(=O)NCc1ccc(O)c(O)c1. The topological polar surface area (TPSA) is 69.6 Å². The van der Waals surface area contributed by atoms with E-state index in [0.29, 0.717) is 11.1 Å². The largest absolute Gasteiger partial charge is 0.504 e. The number of amides is 1. The standard InChI is InChI=1S/C15H14BrNO3/c1-9-6-11(16)3-4-12(9)15(20)17-8-10-2-5-13(18)14(19)7-10/h2-7,18-19H,8H2,1H3,(H,17,20). The van der Waals surface area contributed by atoms with Gasteiger partial charge in [-0.1, -0.05) is 22.0 Å². The quantitative estimate of drug-likeness (QED) is 0.755. The number of halogens is 1. The Hall–Kier alpha value is -2.01. The molecule has 0 saturated carbocycles. The van der Waals surface area contributed by atoms with Gasteiger partial charge >= 0.3 is 0 Å². The average Bonchev–Trinajstić information content (AvgIpc) is 2.40. The van der Waals surface area contributed by atoms with Gasteiger partial charge in [-0.25, -0.2) is 0 Å². The molecule has 2 aromatic carbocycles. The predicted molar refractivity (Wildman–Crippen MR) is 79.8 cm³/mol. The number of aromatic hydroxyl groups is 2. The van der Waals surface area contributed by atoms with Gasteiger partial charge in [0.15, 0.2) is 11.5 Å². The van der Waals surface area contributed by atoms with Crippen LogP contribution in [0.1, 0.15) is 21.5 Å². The van der Waals surface area contributed by atoms with Crippen LogP contribution >= 0.6 is 15.9 Å². The van der Waals surface area contributed by atoms with Crippen molar-refractivity contribution in [3.8, 4) is 11.5 Å². The summed E-state index contributed by atoms with van der Waals surface area (Å²) in [6, 6.07) is 9.90. The van der Waals surface area contributed by atoms with Crippen molar-refractivity contribution in [3.05, 3.63) is 57.6 Å². The van der Waals surface area contributed by atoms with Crippen LogP contribution in [0.2, 0.25) is 0 Å². The van der Waals surface area contributed by atoms with Crippen LogP contribution in [0.4, 0.5) is 0 Å². The maximum atomic E-state index is 12.1. The van der Waals surface area contributed by atoms with Crippen molar-refractivity contribution in [2.24, 2.45) is 0 Å². The highest BCUT2D eigenvalue weighted by Crippen LogP contribution is 2.24. The monoisotopic (exact) mass is 335 g/mol. The van der Waals surface area contributed by atoms with Crippen LogP contribution in [-0.4, -0.2) is 16.1 Å². The fourth-order valence-electron chi connectivity index (χ4n) is 1.84. The summed E-state index contributed by atoms with van der Waals surface area (Å²) in [5, 5.41) is 21.4. The zero-order valence-corrected chi connectivity index (χ0v) is 12.4. The molecule has 0 heterocycles. The zero-order chi connectivity index (χ0) is 14.7. The van der Waals surface area contributed by atoms with Crippen LogP contribution in [0, 0.1) is 6.92 Å². The van der Waals surface area contributed by atoms with E-state index in [4.69, 9.17) is 0 Å². The molecule has 0 saturated heterocycles.